The predicted molar refractivity (Wildman–Crippen MR) is 55.4 cm³/mol. The molecule has 0 aliphatic carbocycles. The summed E-state index contributed by atoms with van der Waals surface area (Å²) in [6.07, 6.45) is 2.53. The van der Waals surface area contributed by atoms with Gasteiger partial charge >= 0.3 is 0 Å². The first-order valence-electron chi connectivity index (χ1n) is 5.18. The Balaban J connectivity index is 2.48. The Morgan fingerprint density at radius 3 is 2.77 bits per heavy atom. The topological polar surface area (TPSA) is 7.60 Å². The summed E-state index contributed by atoms with van der Waals surface area (Å²) in [6, 6.07) is 0.513. The summed E-state index contributed by atoms with van der Waals surface area (Å²) in [6.45, 7) is 13.3. The molecule has 2 heteroatoms. The van der Waals surface area contributed by atoms with Crippen LogP contribution in [0.15, 0.2) is 0 Å². The molecule has 13 heavy (non-hydrogen) atoms. The summed E-state index contributed by atoms with van der Waals surface area (Å²) in [5.41, 5.74) is 0. The van der Waals surface area contributed by atoms with Crippen molar-refractivity contribution < 1.29 is 0 Å². The van der Waals surface area contributed by atoms with Crippen LogP contribution >= 0.6 is 0 Å². The van der Waals surface area contributed by atoms with Crippen molar-refractivity contribution in [1.29, 1.82) is 0 Å². The lowest BCUT2D eigenvalue weighted by atomic mass is 9.83. The highest BCUT2D eigenvalue weighted by molar-refractivity contribution is 4.85. The van der Waals surface area contributed by atoms with E-state index >= 15 is 0 Å². The number of likely N-dealkylation sites (tertiary alicyclic amines) is 1. The Morgan fingerprint density at radius 2 is 2.23 bits per heavy atom. The molecule has 0 aromatic carbocycles. The minimum Gasteiger partial charge on any atom is -0.315 e. The van der Waals surface area contributed by atoms with Gasteiger partial charge in [-0.25, -0.2) is 6.57 Å². The lowest BCUT2D eigenvalue weighted by Crippen LogP contribution is -2.42. The minimum atomic E-state index is 0.513. The molecule has 1 heterocycles. The third-order valence-corrected chi connectivity index (χ3v) is 3.30. The Bertz CT molecular complexity index is 193. The molecule has 0 spiro atoms. The monoisotopic (exact) mass is 180 g/mol. The molecule has 0 N–H and O–H groups in total. The summed E-state index contributed by atoms with van der Waals surface area (Å²) in [7, 11) is 2.15. The number of hydrogen-bond acceptors (Lipinski definition) is 1. The van der Waals surface area contributed by atoms with E-state index in [9.17, 15) is 0 Å². The van der Waals surface area contributed by atoms with Crippen LogP contribution < -0.4 is 0 Å². The molecule has 1 fully saturated rings. The molecule has 1 aliphatic heterocycles. The van der Waals surface area contributed by atoms with Gasteiger partial charge in [0.2, 0.25) is 6.54 Å². The molecule has 74 valence electrons. The smallest absolute Gasteiger partial charge is 0.229 e. The van der Waals surface area contributed by atoms with Gasteiger partial charge in [0.1, 0.15) is 0 Å². The first-order chi connectivity index (χ1) is 6.15. The van der Waals surface area contributed by atoms with Crippen molar-refractivity contribution in [1.82, 2.24) is 4.90 Å². The van der Waals surface area contributed by atoms with E-state index in [0.717, 1.165) is 11.8 Å². The Hall–Kier alpha value is -0.550. The summed E-state index contributed by atoms with van der Waals surface area (Å²) in [5, 5.41) is 0. The SMILES string of the molecule is [C-]#[N+]C[C@H]1CC(C(C)C)CCN1C. The van der Waals surface area contributed by atoms with Gasteiger partial charge in [-0.3, -0.25) is 4.90 Å². The third kappa shape index (κ3) is 2.70. The van der Waals surface area contributed by atoms with E-state index in [1.165, 1.54) is 19.4 Å². The molecule has 0 saturated carbocycles. The second-order valence-electron chi connectivity index (χ2n) is 4.50. The van der Waals surface area contributed by atoms with E-state index in [2.05, 4.69) is 30.6 Å². The normalized spacial score (nSPS) is 30.4. The van der Waals surface area contributed by atoms with Gasteiger partial charge in [-0.15, -0.1) is 0 Å². The van der Waals surface area contributed by atoms with Crippen LogP contribution in [0, 0.1) is 18.4 Å². The van der Waals surface area contributed by atoms with Gasteiger partial charge in [0, 0.05) is 0 Å². The van der Waals surface area contributed by atoms with Crippen LogP contribution in [0.1, 0.15) is 26.7 Å². The molecule has 2 nitrogen and oxygen atoms in total. The van der Waals surface area contributed by atoms with Crippen molar-refractivity contribution in [3.05, 3.63) is 11.4 Å². The minimum absolute atomic E-state index is 0.513. The standard InChI is InChI=1S/C11H20N2/c1-9(2)10-5-6-13(4)11(7-10)8-12-3/h9-11H,5-8H2,1-2,4H3/t10?,11-/m1/s1. The summed E-state index contributed by atoms with van der Waals surface area (Å²) >= 11 is 0. The largest absolute Gasteiger partial charge is 0.315 e. The summed E-state index contributed by atoms with van der Waals surface area (Å²) in [5.74, 6) is 1.62. The molecule has 1 unspecified atom stereocenters. The lowest BCUT2D eigenvalue weighted by molar-refractivity contribution is 0.127. The second-order valence-corrected chi connectivity index (χ2v) is 4.50. The number of likely N-dealkylation sites (N-methyl/N-ethyl adjacent to an activating group) is 1. The summed E-state index contributed by atoms with van der Waals surface area (Å²) < 4.78 is 0. The Morgan fingerprint density at radius 1 is 1.54 bits per heavy atom. The highest BCUT2D eigenvalue weighted by Gasteiger charge is 2.29. The number of rotatable bonds is 2. The molecule has 1 rings (SSSR count). The first kappa shape index (κ1) is 10.5. The highest BCUT2D eigenvalue weighted by Crippen LogP contribution is 2.27. The Kier molecular flexibility index (Phi) is 3.74. The van der Waals surface area contributed by atoms with E-state index in [-0.39, 0.29) is 0 Å². The molecule has 1 saturated heterocycles. The molecule has 0 aromatic heterocycles. The molecule has 2 atom stereocenters. The van der Waals surface area contributed by atoms with Crippen LogP contribution in [-0.2, 0) is 0 Å². The van der Waals surface area contributed by atoms with Gasteiger partial charge in [-0.1, -0.05) is 13.8 Å². The fraction of sp³-hybridized carbons (Fsp3) is 0.909. The van der Waals surface area contributed by atoms with E-state index in [1.54, 1.807) is 0 Å². The zero-order chi connectivity index (χ0) is 9.84. The van der Waals surface area contributed by atoms with Crippen LogP contribution in [0.2, 0.25) is 0 Å². The van der Waals surface area contributed by atoms with Gasteiger partial charge in [0.15, 0.2) is 0 Å². The van der Waals surface area contributed by atoms with Crippen LogP contribution in [-0.4, -0.2) is 31.1 Å². The van der Waals surface area contributed by atoms with Crippen LogP contribution in [0.5, 0.6) is 0 Å². The molecule has 0 radical (unpaired) electrons. The van der Waals surface area contributed by atoms with Crippen molar-refractivity contribution in [3.8, 4) is 0 Å². The average molecular weight is 180 g/mol. The fourth-order valence-electron chi connectivity index (χ4n) is 2.12. The van der Waals surface area contributed by atoms with E-state index < -0.39 is 0 Å². The van der Waals surface area contributed by atoms with Gasteiger partial charge in [-0.05, 0) is 38.3 Å². The zero-order valence-electron chi connectivity index (χ0n) is 8.95. The van der Waals surface area contributed by atoms with E-state index in [0.29, 0.717) is 12.6 Å². The number of piperidine rings is 1. The van der Waals surface area contributed by atoms with Crippen molar-refractivity contribution in [2.45, 2.75) is 32.7 Å². The van der Waals surface area contributed by atoms with Crippen molar-refractivity contribution in [2.24, 2.45) is 11.8 Å². The third-order valence-electron chi connectivity index (χ3n) is 3.30. The lowest BCUT2D eigenvalue weighted by Gasteiger charge is -2.36. The van der Waals surface area contributed by atoms with Crippen molar-refractivity contribution in [3.63, 3.8) is 0 Å². The summed E-state index contributed by atoms with van der Waals surface area (Å²) in [4.78, 5) is 5.86. The highest BCUT2D eigenvalue weighted by atomic mass is 15.1. The maximum absolute atomic E-state index is 6.90. The number of hydrogen-bond donors (Lipinski definition) is 0. The second kappa shape index (κ2) is 4.62. The predicted octanol–water partition coefficient (Wildman–Crippen LogP) is 2.27. The first-order valence-corrected chi connectivity index (χ1v) is 5.18. The van der Waals surface area contributed by atoms with E-state index in [4.69, 9.17) is 6.57 Å². The van der Waals surface area contributed by atoms with Crippen molar-refractivity contribution >= 4 is 0 Å². The zero-order valence-corrected chi connectivity index (χ0v) is 8.95. The van der Waals surface area contributed by atoms with Gasteiger partial charge in [0.25, 0.3) is 0 Å². The van der Waals surface area contributed by atoms with Gasteiger partial charge in [0.05, 0.1) is 6.04 Å². The molecular weight excluding hydrogens is 160 g/mol. The van der Waals surface area contributed by atoms with Gasteiger partial charge < -0.3 is 4.85 Å². The molecular formula is C11H20N2. The molecule has 0 bridgehead atoms. The van der Waals surface area contributed by atoms with Crippen LogP contribution in [0.4, 0.5) is 0 Å². The Labute approximate surface area is 81.7 Å². The average Bonchev–Trinajstić information content (AvgIpc) is 2.08. The van der Waals surface area contributed by atoms with Gasteiger partial charge in [-0.2, -0.15) is 0 Å². The van der Waals surface area contributed by atoms with E-state index in [1.807, 2.05) is 0 Å². The quantitative estimate of drug-likeness (QED) is 0.592. The van der Waals surface area contributed by atoms with Crippen LogP contribution in [0.25, 0.3) is 4.85 Å². The molecule has 1 aliphatic rings. The molecule has 0 amide bonds. The number of nitrogens with zero attached hydrogens (tertiary/aromatic N) is 2. The van der Waals surface area contributed by atoms with Crippen molar-refractivity contribution in [2.75, 3.05) is 20.1 Å². The van der Waals surface area contributed by atoms with Crippen LogP contribution in [0.3, 0.4) is 0 Å². The molecule has 0 aromatic rings. The maximum Gasteiger partial charge on any atom is 0.229 e. The fourth-order valence-corrected chi connectivity index (χ4v) is 2.12. The maximum atomic E-state index is 6.90.